The Morgan fingerprint density at radius 3 is 1.59 bits per heavy atom. The van der Waals surface area contributed by atoms with E-state index in [9.17, 15) is 75.7 Å². The summed E-state index contributed by atoms with van der Waals surface area (Å²) in [6.07, 6.45) is -36.8. The normalized spacial score (nSPS) is 44.8. The first-order chi connectivity index (χ1) is 29.9. The SMILES string of the molecule is NC(=O)CN1CC(=O)NNCCO[C@@H]2O[C@@H](O[C@@H]3[C@H](O)[C@@H](O[C@@H]4[C@H](O)[C@@H](OCCNNC(=O)C1)O[C@H](CO[C@H]1O[C@H](CO)[C@@H](O)[C@H](O)[C@@H]1O)[C@H]4O)O[C@H](CO)[C@H]3O)[C@@H](O)[C@@H](O)[C@@H]2O. The van der Waals surface area contributed by atoms with Crippen molar-refractivity contribution in [3.05, 3.63) is 0 Å². The van der Waals surface area contributed by atoms with Crippen LogP contribution in [0, 0.1) is 0 Å². The fourth-order valence-corrected chi connectivity index (χ4v) is 7.08. The first kappa shape index (κ1) is 51.4. The molecule has 5 fully saturated rings. The number of nitrogens with two attached hydrogens (primary N) is 1. The number of fused-ring (bicyclic) bond motifs is 6. The van der Waals surface area contributed by atoms with Gasteiger partial charge in [-0.05, 0) is 0 Å². The molecule has 6 bridgehead atoms. The quantitative estimate of drug-likeness (QED) is 0.113. The van der Waals surface area contributed by atoms with Gasteiger partial charge >= 0.3 is 0 Å². The molecule has 5 aliphatic heterocycles. The summed E-state index contributed by atoms with van der Waals surface area (Å²) in [6.45, 7) is -5.03. The van der Waals surface area contributed by atoms with Crippen LogP contribution in [-0.2, 0) is 57.0 Å². The summed E-state index contributed by atoms with van der Waals surface area (Å²) in [6, 6.07) is 0. The Labute approximate surface area is 357 Å². The molecule has 63 heavy (non-hydrogen) atoms. The van der Waals surface area contributed by atoms with Crippen LogP contribution in [0.1, 0.15) is 0 Å². The molecule has 0 saturated carbocycles. The van der Waals surface area contributed by atoms with Gasteiger partial charge in [-0.25, -0.2) is 10.9 Å². The fourth-order valence-electron chi connectivity index (χ4n) is 7.08. The number of nitrogens with one attached hydrogen (secondary N) is 4. The van der Waals surface area contributed by atoms with Gasteiger partial charge in [0.2, 0.25) is 17.7 Å². The number of hydrazine groups is 2. The average molecular weight is 923 g/mol. The van der Waals surface area contributed by atoms with Crippen molar-refractivity contribution in [3.63, 3.8) is 0 Å². The maximum absolute atomic E-state index is 12.7. The van der Waals surface area contributed by atoms with Crippen molar-refractivity contribution in [2.75, 3.05) is 65.8 Å². The number of carbonyl (C=O) groups excluding carboxylic acids is 3. The molecule has 5 rings (SSSR count). The Balaban J connectivity index is 1.38. The molecule has 0 aromatic heterocycles. The topological polar surface area (TPSA) is 454 Å². The third kappa shape index (κ3) is 13.1. The van der Waals surface area contributed by atoms with Crippen molar-refractivity contribution < 1.29 is 118 Å². The van der Waals surface area contributed by atoms with Crippen LogP contribution in [0.3, 0.4) is 0 Å². The van der Waals surface area contributed by atoms with Gasteiger partial charge in [-0.2, -0.15) is 0 Å². The summed E-state index contributed by atoms with van der Waals surface area (Å²) in [5, 5.41) is 128. The average Bonchev–Trinajstić information content (AvgIpc) is 3.24. The fraction of sp³-hybridized carbons (Fsp3) is 0.909. The Morgan fingerprint density at radius 2 is 1.03 bits per heavy atom. The Hall–Kier alpha value is -2.55. The molecular weight excluding hydrogens is 864 g/mol. The number of ether oxygens (including phenoxy) is 9. The molecule has 3 amide bonds. The summed E-state index contributed by atoms with van der Waals surface area (Å²) < 4.78 is 50.5. The van der Waals surface area contributed by atoms with Crippen molar-refractivity contribution in [3.8, 4) is 0 Å². The number of hydrogen-bond donors (Lipinski definition) is 17. The predicted molar refractivity (Wildman–Crippen MR) is 194 cm³/mol. The number of nitrogens with zero attached hydrogens (tertiary/aromatic N) is 1. The summed E-state index contributed by atoms with van der Waals surface area (Å²) in [4.78, 5) is 38.0. The highest BCUT2D eigenvalue weighted by Crippen LogP contribution is 2.33. The van der Waals surface area contributed by atoms with Gasteiger partial charge in [-0.15, -0.1) is 0 Å². The summed E-state index contributed by atoms with van der Waals surface area (Å²) in [5.41, 5.74) is 14.9. The molecule has 30 heteroatoms. The van der Waals surface area contributed by atoms with E-state index >= 15 is 0 Å². The van der Waals surface area contributed by atoms with Crippen molar-refractivity contribution >= 4 is 17.7 Å². The van der Waals surface area contributed by atoms with Crippen LogP contribution in [0.15, 0.2) is 0 Å². The molecule has 0 aliphatic carbocycles. The third-order valence-corrected chi connectivity index (χ3v) is 10.4. The number of primary amides is 1. The summed E-state index contributed by atoms with van der Waals surface area (Å²) in [5.74, 6) is -2.32. The van der Waals surface area contributed by atoms with Crippen LogP contribution in [0.25, 0.3) is 0 Å². The van der Waals surface area contributed by atoms with Gasteiger partial charge in [0.25, 0.3) is 0 Å². The summed E-state index contributed by atoms with van der Waals surface area (Å²) in [7, 11) is 0. The molecule has 0 radical (unpaired) electrons. The number of carbonyl (C=O) groups is 3. The second kappa shape index (κ2) is 23.8. The zero-order chi connectivity index (χ0) is 46.1. The molecule has 0 unspecified atom stereocenters. The van der Waals surface area contributed by atoms with E-state index in [0.29, 0.717) is 0 Å². The lowest BCUT2D eigenvalue weighted by Crippen LogP contribution is -2.67. The van der Waals surface area contributed by atoms with Gasteiger partial charge in [-0.3, -0.25) is 30.1 Å². The number of rotatable bonds is 7. The standard InChI is InChI=1S/C33H58N6O24/c34-14(42)5-39-6-15(43)37-35-1-3-55-29-23(51)21(49)24(52)32(63-29)61-27-18(46)12(9-41)59-33(26(27)54)62-28-19(47)13(10-57-30-22(50)20(48)17(45)11(8-40)58-30)60-31(25(28)53)56-4-2-36-38-16(44)7-39/h11-13,17-33,35-36,40-41,45-54H,1-10H2,(H2,34,42)(H,37,43)(H,38,44)/t11-,12-,13-,17-,18-,19-,20+,21+,22+,23+,24+,25+,26+,27+,28+,29-,30+,31+,32-,33-/m1/s1. The molecule has 0 spiro atoms. The van der Waals surface area contributed by atoms with Gasteiger partial charge in [0.15, 0.2) is 31.5 Å². The summed E-state index contributed by atoms with van der Waals surface area (Å²) >= 11 is 0. The van der Waals surface area contributed by atoms with Gasteiger partial charge in [-0.1, -0.05) is 0 Å². The van der Waals surface area contributed by atoms with Crippen LogP contribution >= 0.6 is 0 Å². The number of aliphatic hydroxyl groups excluding tert-OH is 12. The minimum Gasteiger partial charge on any atom is -0.394 e. The number of hydrogen-bond acceptors (Lipinski definition) is 27. The van der Waals surface area contributed by atoms with Crippen molar-refractivity contribution in [2.45, 2.75) is 123 Å². The Morgan fingerprint density at radius 1 is 0.571 bits per heavy atom. The van der Waals surface area contributed by atoms with Crippen LogP contribution in [0.4, 0.5) is 0 Å². The second-order valence-corrected chi connectivity index (χ2v) is 15.1. The van der Waals surface area contributed by atoms with E-state index in [4.69, 9.17) is 48.4 Å². The van der Waals surface area contributed by atoms with E-state index in [1.165, 1.54) is 0 Å². The van der Waals surface area contributed by atoms with Gasteiger partial charge in [0.1, 0.15) is 91.6 Å². The lowest BCUT2D eigenvalue weighted by atomic mass is 9.96. The maximum atomic E-state index is 12.7. The minimum absolute atomic E-state index is 0.162. The van der Waals surface area contributed by atoms with Gasteiger partial charge < -0.3 is 110 Å². The molecule has 18 N–H and O–H groups in total. The van der Waals surface area contributed by atoms with Crippen molar-refractivity contribution in [1.29, 1.82) is 0 Å². The van der Waals surface area contributed by atoms with Crippen LogP contribution in [0.5, 0.6) is 0 Å². The van der Waals surface area contributed by atoms with E-state index < -0.39 is 180 Å². The number of aliphatic hydroxyl groups is 12. The Kier molecular flexibility index (Phi) is 19.4. The third-order valence-electron chi connectivity index (χ3n) is 10.4. The highest BCUT2D eigenvalue weighted by molar-refractivity contribution is 5.83. The molecule has 5 aliphatic rings. The molecule has 30 nitrogen and oxygen atoms in total. The van der Waals surface area contributed by atoms with E-state index in [-0.39, 0.29) is 26.3 Å². The van der Waals surface area contributed by atoms with E-state index in [1.54, 1.807) is 0 Å². The largest absolute Gasteiger partial charge is 0.394 e. The molecule has 5 saturated heterocycles. The molecule has 20 atom stereocenters. The van der Waals surface area contributed by atoms with Gasteiger partial charge in [0, 0.05) is 13.1 Å². The molecule has 0 aromatic rings. The van der Waals surface area contributed by atoms with E-state index in [2.05, 4.69) is 21.7 Å². The Bertz CT molecular complexity index is 1460. The molecule has 0 aromatic carbocycles. The zero-order valence-corrected chi connectivity index (χ0v) is 33.4. The number of amides is 3. The van der Waals surface area contributed by atoms with Crippen LogP contribution in [0.2, 0.25) is 0 Å². The van der Waals surface area contributed by atoms with Crippen LogP contribution < -0.4 is 27.4 Å². The minimum atomic E-state index is -2.11. The van der Waals surface area contributed by atoms with Gasteiger partial charge in [0.05, 0.1) is 52.7 Å². The lowest BCUT2D eigenvalue weighted by molar-refractivity contribution is -0.394. The first-order valence-electron chi connectivity index (χ1n) is 19.8. The second-order valence-electron chi connectivity index (χ2n) is 15.1. The van der Waals surface area contributed by atoms with Crippen molar-refractivity contribution in [2.24, 2.45) is 5.73 Å². The van der Waals surface area contributed by atoms with Crippen LogP contribution in [-0.4, -0.2) is 273 Å². The lowest BCUT2D eigenvalue weighted by Gasteiger charge is -2.48. The maximum Gasteiger partial charge on any atom is 0.248 e. The molecule has 5 heterocycles. The van der Waals surface area contributed by atoms with E-state index in [1.807, 2.05) is 0 Å². The first-order valence-corrected chi connectivity index (χ1v) is 19.8. The molecule has 364 valence electrons. The van der Waals surface area contributed by atoms with Crippen molar-refractivity contribution in [1.82, 2.24) is 26.6 Å². The zero-order valence-electron chi connectivity index (χ0n) is 33.4. The molecular formula is C33H58N6O24. The highest BCUT2D eigenvalue weighted by Gasteiger charge is 2.54. The highest BCUT2D eigenvalue weighted by atomic mass is 16.8. The smallest absolute Gasteiger partial charge is 0.248 e. The predicted octanol–water partition coefficient (Wildman–Crippen LogP) is -12.7. The monoisotopic (exact) mass is 922 g/mol. The van der Waals surface area contributed by atoms with E-state index in [0.717, 1.165) is 4.90 Å².